The lowest BCUT2D eigenvalue weighted by molar-refractivity contribution is -0.330. The standard InChI is InChI=1S/C41H66O13/c1-36(2)14-15-41(35(50)54-33-31(48)28(45)22(43)19-51-33)17-26(44)40(7)20(21(41)16-36)8-9-25-38(5)12-11-27(37(3,4)24(38)10-13-39(25,40)6)53-34-32(49)30(47)29(46)23(18-42)52-34/h8,21-34,42-49H,9-19H2,1-7H3/t21?,22?,23?,24?,25?,26-,27-,28?,29?,30?,31?,32?,33?,34?,38-,39+,40-,41?/m0/s1. The van der Waals surface area contributed by atoms with Crippen molar-refractivity contribution in [3.63, 3.8) is 0 Å². The van der Waals surface area contributed by atoms with Gasteiger partial charge in [-0.25, -0.2) is 0 Å². The Kier molecular flexibility index (Phi) is 10.4. The average Bonchev–Trinajstić information content (AvgIpc) is 3.10. The number of rotatable bonds is 5. The van der Waals surface area contributed by atoms with Crippen molar-refractivity contribution < 1.29 is 64.6 Å². The van der Waals surface area contributed by atoms with E-state index in [0.29, 0.717) is 12.8 Å². The van der Waals surface area contributed by atoms with Gasteiger partial charge in [-0.1, -0.05) is 60.1 Å². The molecule has 8 N–H and O–H groups in total. The lowest BCUT2D eigenvalue weighted by Crippen LogP contribution is -2.69. The zero-order chi connectivity index (χ0) is 39.6. The smallest absolute Gasteiger partial charge is 0.315 e. The van der Waals surface area contributed by atoms with Crippen LogP contribution in [0.25, 0.3) is 0 Å². The third-order valence-electron chi connectivity index (χ3n) is 16.8. The van der Waals surface area contributed by atoms with Crippen LogP contribution >= 0.6 is 0 Å². The van der Waals surface area contributed by atoms with E-state index in [1.165, 1.54) is 0 Å². The van der Waals surface area contributed by atoms with Crippen molar-refractivity contribution in [2.75, 3.05) is 13.2 Å². The number of allylic oxidation sites excluding steroid dienone is 1. The molecule has 18 atom stereocenters. The highest BCUT2D eigenvalue weighted by atomic mass is 16.7. The van der Waals surface area contributed by atoms with E-state index >= 15 is 0 Å². The number of ether oxygens (including phenoxy) is 4. The Morgan fingerprint density at radius 3 is 2.17 bits per heavy atom. The van der Waals surface area contributed by atoms with Crippen LogP contribution < -0.4 is 0 Å². The molecule has 7 rings (SSSR count). The summed E-state index contributed by atoms with van der Waals surface area (Å²) in [7, 11) is 0. The second-order valence-electron chi connectivity index (χ2n) is 20.3. The van der Waals surface area contributed by atoms with E-state index in [-0.39, 0.29) is 58.5 Å². The van der Waals surface area contributed by atoms with E-state index in [1.807, 2.05) is 0 Å². The molecule has 13 heteroatoms. The van der Waals surface area contributed by atoms with Crippen LogP contribution in [0.3, 0.4) is 0 Å². The molecule has 5 aliphatic carbocycles. The number of aliphatic hydroxyl groups excluding tert-OH is 8. The maximum atomic E-state index is 14.5. The topological polar surface area (TPSA) is 216 Å². The van der Waals surface area contributed by atoms with Gasteiger partial charge in [0.25, 0.3) is 0 Å². The van der Waals surface area contributed by atoms with Crippen molar-refractivity contribution in [2.45, 2.75) is 174 Å². The predicted octanol–water partition coefficient (Wildman–Crippen LogP) is 1.93. The lowest BCUT2D eigenvalue weighted by atomic mass is 9.33. The molecule has 0 radical (unpaired) electrons. The van der Waals surface area contributed by atoms with E-state index in [1.54, 1.807) is 0 Å². The van der Waals surface area contributed by atoms with Gasteiger partial charge >= 0.3 is 5.97 Å². The molecular formula is C41H66O13. The molecule has 2 heterocycles. The fraction of sp³-hybridized carbons (Fsp3) is 0.927. The van der Waals surface area contributed by atoms with E-state index in [4.69, 9.17) is 18.9 Å². The summed E-state index contributed by atoms with van der Waals surface area (Å²) in [5.74, 6) is -0.334. The maximum absolute atomic E-state index is 14.5. The number of esters is 1. The summed E-state index contributed by atoms with van der Waals surface area (Å²) in [6, 6.07) is 0. The van der Waals surface area contributed by atoms with Gasteiger partial charge in [-0.05, 0) is 97.2 Å². The summed E-state index contributed by atoms with van der Waals surface area (Å²) >= 11 is 0. The summed E-state index contributed by atoms with van der Waals surface area (Å²) < 4.78 is 23.6. The van der Waals surface area contributed by atoms with Crippen LogP contribution in [0.2, 0.25) is 0 Å². The van der Waals surface area contributed by atoms with Crippen molar-refractivity contribution in [3.8, 4) is 0 Å². The van der Waals surface area contributed by atoms with Crippen molar-refractivity contribution in [3.05, 3.63) is 11.6 Å². The molecule has 4 saturated carbocycles. The summed E-state index contributed by atoms with van der Waals surface area (Å²) in [5.41, 5.74) is -1.46. The first-order valence-corrected chi connectivity index (χ1v) is 20.3. The average molecular weight is 767 g/mol. The van der Waals surface area contributed by atoms with Gasteiger partial charge in [-0.3, -0.25) is 4.79 Å². The predicted molar refractivity (Wildman–Crippen MR) is 193 cm³/mol. The highest BCUT2D eigenvalue weighted by Crippen LogP contribution is 2.76. The van der Waals surface area contributed by atoms with Crippen LogP contribution in [-0.4, -0.2) is 128 Å². The van der Waals surface area contributed by atoms with Crippen molar-refractivity contribution in [1.29, 1.82) is 0 Å². The number of fused-ring (bicyclic) bond motifs is 7. The molecule has 0 bridgehead atoms. The highest BCUT2D eigenvalue weighted by Gasteiger charge is 2.72. The molecule has 0 aromatic heterocycles. The molecule has 0 aromatic carbocycles. The fourth-order valence-corrected chi connectivity index (χ4v) is 13.3. The van der Waals surface area contributed by atoms with Crippen molar-refractivity contribution >= 4 is 5.97 Å². The molecule has 54 heavy (non-hydrogen) atoms. The fourth-order valence-electron chi connectivity index (χ4n) is 13.3. The summed E-state index contributed by atoms with van der Waals surface area (Å²) in [6.45, 7) is 15.0. The highest BCUT2D eigenvalue weighted by molar-refractivity contribution is 5.79. The van der Waals surface area contributed by atoms with Gasteiger partial charge in [0.15, 0.2) is 6.29 Å². The molecule has 0 spiro atoms. The molecule has 6 fully saturated rings. The number of hydrogen-bond donors (Lipinski definition) is 8. The van der Waals surface area contributed by atoms with Gasteiger partial charge < -0.3 is 59.8 Å². The Bertz CT molecular complexity index is 1470. The van der Waals surface area contributed by atoms with E-state index in [0.717, 1.165) is 44.1 Å². The Morgan fingerprint density at radius 1 is 0.796 bits per heavy atom. The first kappa shape index (κ1) is 40.9. The second-order valence-corrected chi connectivity index (χ2v) is 20.3. The quantitative estimate of drug-likeness (QED) is 0.114. The molecular weight excluding hydrogens is 700 g/mol. The summed E-state index contributed by atoms with van der Waals surface area (Å²) in [4.78, 5) is 14.5. The Morgan fingerprint density at radius 2 is 1.48 bits per heavy atom. The number of hydrogen-bond acceptors (Lipinski definition) is 13. The Balaban J connectivity index is 1.18. The first-order chi connectivity index (χ1) is 25.1. The maximum Gasteiger partial charge on any atom is 0.315 e. The Labute approximate surface area is 319 Å². The minimum Gasteiger partial charge on any atom is -0.432 e. The first-order valence-electron chi connectivity index (χ1n) is 20.3. The van der Waals surface area contributed by atoms with Gasteiger partial charge in [0, 0.05) is 5.41 Å². The lowest BCUT2D eigenvalue weighted by Gasteiger charge is -2.72. The van der Waals surface area contributed by atoms with Gasteiger partial charge in [0.2, 0.25) is 6.29 Å². The van der Waals surface area contributed by atoms with Crippen LogP contribution in [0.15, 0.2) is 11.6 Å². The normalized spacial score (nSPS) is 53.9. The van der Waals surface area contributed by atoms with Gasteiger partial charge in [-0.2, -0.15) is 0 Å². The third-order valence-corrected chi connectivity index (χ3v) is 16.8. The summed E-state index contributed by atoms with van der Waals surface area (Å²) in [6.07, 6.45) is -5.16. The zero-order valence-electron chi connectivity index (χ0n) is 33.1. The van der Waals surface area contributed by atoms with Crippen LogP contribution in [0, 0.1) is 50.2 Å². The monoisotopic (exact) mass is 766 g/mol. The number of carbonyl (C=O) groups excluding carboxylic acids is 1. The Hall–Kier alpha value is -1.23. The van der Waals surface area contributed by atoms with Crippen LogP contribution in [0.1, 0.15) is 106 Å². The van der Waals surface area contributed by atoms with E-state index in [2.05, 4.69) is 54.5 Å². The molecule has 7 aliphatic rings. The summed E-state index contributed by atoms with van der Waals surface area (Å²) in [5, 5.41) is 84.9. The molecule has 308 valence electrons. The van der Waals surface area contributed by atoms with E-state index < -0.39 is 84.8 Å². The third kappa shape index (κ3) is 5.84. The van der Waals surface area contributed by atoms with E-state index in [9.17, 15) is 45.6 Å². The molecule has 0 amide bonds. The molecule has 13 unspecified atom stereocenters. The molecule has 13 nitrogen and oxygen atoms in total. The zero-order valence-corrected chi connectivity index (χ0v) is 33.1. The van der Waals surface area contributed by atoms with Gasteiger partial charge in [-0.15, -0.1) is 0 Å². The molecule has 2 aliphatic heterocycles. The van der Waals surface area contributed by atoms with Gasteiger partial charge in [0.1, 0.15) is 42.7 Å². The van der Waals surface area contributed by atoms with Crippen LogP contribution in [0.4, 0.5) is 0 Å². The van der Waals surface area contributed by atoms with Crippen molar-refractivity contribution in [1.82, 2.24) is 0 Å². The van der Waals surface area contributed by atoms with Crippen LogP contribution in [0.5, 0.6) is 0 Å². The molecule has 2 saturated heterocycles. The minimum absolute atomic E-state index is 0.0651. The van der Waals surface area contributed by atoms with Gasteiger partial charge in [0.05, 0.1) is 30.8 Å². The van der Waals surface area contributed by atoms with Crippen molar-refractivity contribution in [2.24, 2.45) is 50.2 Å². The largest absolute Gasteiger partial charge is 0.432 e. The number of aliphatic hydroxyl groups is 8. The minimum atomic E-state index is -1.60. The van der Waals surface area contributed by atoms with Crippen LogP contribution in [-0.2, 0) is 23.7 Å². The molecule has 0 aromatic rings. The second kappa shape index (κ2) is 13.7. The number of carbonyl (C=O) groups is 1. The SMILES string of the molecule is CC1(C)CCC2(C(=O)OC3OCC(O)C(O)C3O)C[C@H](O)[C@]3(C)C(=CCC4[C@@]5(C)CC[C@H](OC6OC(CO)C(O)C(O)C6O)C(C)(C)C5CC[C@]43C)C2C1.